The predicted octanol–water partition coefficient (Wildman–Crippen LogP) is 3.06. The van der Waals surface area contributed by atoms with Gasteiger partial charge < -0.3 is 4.90 Å². The zero-order valence-corrected chi connectivity index (χ0v) is 10.7. The summed E-state index contributed by atoms with van der Waals surface area (Å²) in [6.45, 7) is 8.33. The van der Waals surface area contributed by atoms with Crippen molar-refractivity contribution in [3.8, 4) is 0 Å². The molecule has 1 aliphatic heterocycles. The SMILES string of the molecule is CC(C)c1ccc2c(c1)N(C)C(=O)C2(C)C. The minimum Gasteiger partial charge on any atom is -0.314 e. The van der Waals surface area contributed by atoms with E-state index in [0.717, 1.165) is 11.3 Å². The quantitative estimate of drug-likeness (QED) is 0.708. The Morgan fingerprint density at radius 2 is 1.88 bits per heavy atom. The van der Waals surface area contributed by atoms with Gasteiger partial charge in [0.1, 0.15) is 0 Å². The maximum absolute atomic E-state index is 12.1. The lowest BCUT2D eigenvalue weighted by molar-refractivity contribution is -0.121. The third-order valence-corrected chi connectivity index (χ3v) is 3.56. The summed E-state index contributed by atoms with van der Waals surface area (Å²) in [5, 5.41) is 0. The number of carbonyl (C=O) groups excluding carboxylic acids is 1. The number of nitrogens with zero attached hydrogens (tertiary/aromatic N) is 1. The fraction of sp³-hybridized carbons (Fsp3) is 0.500. The van der Waals surface area contributed by atoms with E-state index in [-0.39, 0.29) is 11.3 Å². The Labute approximate surface area is 97.3 Å². The van der Waals surface area contributed by atoms with E-state index in [1.807, 2.05) is 20.9 Å². The Balaban J connectivity index is 2.59. The van der Waals surface area contributed by atoms with Crippen LogP contribution in [-0.4, -0.2) is 13.0 Å². The highest BCUT2D eigenvalue weighted by Crippen LogP contribution is 2.41. The molecule has 0 saturated carbocycles. The van der Waals surface area contributed by atoms with E-state index in [1.165, 1.54) is 5.56 Å². The second-order valence-electron chi connectivity index (χ2n) is 5.42. The number of benzene rings is 1. The van der Waals surface area contributed by atoms with Gasteiger partial charge >= 0.3 is 0 Å². The molecule has 16 heavy (non-hydrogen) atoms. The second kappa shape index (κ2) is 3.34. The van der Waals surface area contributed by atoms with Gasteiger partial charge in [-0.1, -0.05) is 26.0 Å². The summed E-state index contributed by atoms with van der Waals surface area (Å²) in [7, 11) is 1.86. The molecule has 2 rings (SSSR count). The third-order valence-electron chi connectivity index (χ3n) is 3.56. The molecule has 0 bridgehead atoms. The first-order valence-electron chi connectivity index (χ1n) is 5.78. The molecule has 0 atom stereocenters. The van der Waals surface area contributed by atoms with Crippen molar-refractivity contribution < 1.29 is 4.79 Å². The molecule has 1 aliphatic rings. The highest BCUT2D eigenvalue weighted by Gasteiger charge is 2.42. The molecule has 0 fully saturated rings. The van der Waals surface area contributed by atoms with Crippen molar-refractivity contribution in [1.82, 2.24) is 0 Å². The Bertz CT molecular complexity index is 446. The highest BCUT2D eigenvalue weighted by molar-refractivity contribution is 6.07. The number of hydrogen-bond donors (Lipinski definition) is 0. The van der Waals surface area contributed by atoms with Crippen LogP contribution in [0.1, 0.15) is 44.7 Å². The smallest absolute Gasteiger partial charge is 0.236 e. The molecule has 0 aliphatic carbocycles. The minimum absolute atomic E-state index is 0.184. The summed E-state index contributed by atoms with van der Waals surface area (Å²) >= 11 is 0. The average molecular weight is 217 g/mol. The van der Waals surface area contributed by atoms with Crippen LogP contribution in [0, 0.1) is 0 Å². The Kier molecular flexibility index (Phi) is 2.33. The van der Waals surface area contributed by atoms with E-state index in [0.29, 0.717) is 5.92 Å². The molecule has 0 saturated heterocycles. The molecule has 1 heterocycles. The molecule has 1 aromatic carbocycles. The summed E-state index contributed by atoms with van der Waals surface area (Å²) in [5.41, 5.74) is 3.13. The van der Waals surface area contributed by atoms with Crippen molar-refractivity contribution in [3.05, 3.63) is 29.3 Å². The number of likely N-dealkylation sites (N-methyl/N-ethyl adjacent to an activating group) is 1. The third kappa shape index (κ3) is 1.36. The topological polar surface area (TPSA) is 20.3 Å². The maximum Gasteiger partial charge on any atom is 0.236 e. The van der Waals surface area contributed by atoms with Crippen LogP contribution in [0.15, 0.2) is 18.2 Å². The average Bonchev–Trinajstić information content (AvgIpc) is 2.40. The molecule has 86 valence electrons. The maximum atomic E-state index is 12.1. The van der Waals surface area contributed by atoms with Crippen molar-refractivity contribution >= 4 is 11.6 Å². The number of hydrogen-bond acceptors (Lipinski definition) is 1. The van der Waals surface area contributed by atoms with E-state index in [4.69, 9.17) is 0 Å². The highest BCUT2D eigenvalue weighted by atomic mass is 16.2. The lowest BCUT2D eigenvalue weighted by Crippen LogP contribution is -2.33. The van der Waals surface area contributed by atoms with Crippen LogP contribution in [0.2, 0.25) is 0 Å². The summed E-state index contributed by atoms with van der Waals surface area (Å²) in [5.74, 6) is 0.681. The number of anilines is 1. The Morgan fingerprint density at radius 1 is 1.25 bits per heavy atom. The van der Waals surface area contributed by atoms with Crippen molar-refractivity contribution in [2.24, 2.45) is 0 Å². The molecular weight excluding hydrogens is 198 g/mol. The monoisotopic (exact) mass is 217 g/mol. The van der Waals surface area contributed by atoms with Gasteiger partial charge in [0.15, 0.2) is 0 Å². The first-order valence-corrected chi connectivity index (χ1v) is 5.78. The van der Waals surface area contributed by atoms with Crippen molar-refractivity contribution in [3.63, 3.8) is 0 Å². The zero-order valence-electron chi connectivity index (χ0n) is 10.7. The van der Waals surface area contributed by atoms with Gasteiger partial charge in [0.05, 0.1) is 5.41 Å². The van der Waals surface area contributed by atoms with Gasteiger partial charge in [0, 0.05) is 12.7 Å². The second-order valence-corrected chi connectivity index (χ2v) is 5.42. The van der Waals surface area contributed by atoms with Crippen molar-refractivity contribution in [2.75, 3.05) is 11.9 Å². The molecule has 0 spiro atoms. The van der Waals surface area contributed by atoms with Crippen LogP contribution in [-0.2, 0) is 10.2 Å². The standard InChI is InChI=1S/C14H19NO/c1-9(2)10-6-7-11-12(8-10)15(5)13(16)14(11,3)4/h6-9H,1-5H3. The van der Waals surface area contributed by atoms with Gasteiger partial charge in [0.2, 0.25) is 5.91 Å². The van der Waals surface area contributed by atoms with Gasteiger partial charge in [-0.15, -0.1) is 0 Å². The summed E-state index contributed by atoms with van der Waals surface area (Å²) < 4.78 is 0. The molecule has 2 nitrogen and oxygen atoms in total. The lowest BCUT2D eigenvalue weighted by Gasteiger charge is -2.16. The van der Waals surface area contributed by atoms with Crippen LogP contribution < -0.4 is 4.90 Å². The van der Waals surface area contributed by atoms with Crippen molar-refractivity contribution in [2.45, 2.75) is 39.0 Å². The Hall–Kier alpha value is -1.31. The fourth-order valence-electron chi connectivity index (χ4n) is 2.36. The first-order chi connectivity index (χ1) is 7.35. The number of carbonyl (C=O) groups is 1. The van der Waals surface area contributed by atoms with Gasteiger partial charge in [0.25, 0.3) is 0 Å². The van der Waals surface area contributed by atoms with E-state index in [1.54, 1.807) is 4.90 Å². The van der Waals surface area contributed by atoms with Crippen LogP contribution in [0.5, 0.6) is 0 Å². The van der Waals surface area contributed by atoms with Crippen LogP contribution in [0.3, 0.4) is 0 Å². The molecule has 0 unspecified atom stereocenters. The molecule has 1 aromatic rings. The van der Waals surface area contributed by atoms with E-state index in [9.17, 15) is 4.79 Å². The molecular formula is C14H19NO. The number of fused-ring (bicyclic) bond motifs is 1. The number of rotatable bonds is 1. The van der Waals surface area contributed by atoms with Crippen molar-refractivity contribution in [1.29, 1.82) is 0 Å². The fourth-order valence-corrected chi connectivity index (χ4v) is 2.36. The van der Waals surface area contributed by atoms with Gasteiger partial charge in [-0.05, 0) is 37.0 Å². The summed E-state index contributed by atoms with van der Waals surface area (Å²) in [4.78, 5) is 13.9. The zero-order chi connectivity index (χ0) is 12.1. The van der Waals surface area contributed by atoms with Crippen LogP contribution in [0.25, 0.3) is 0 Å². The molecule has 1 amide bonds. The van der Waals surface area contributed by atoms with E-state index >= 15 is 0 Å². The minimum atomic E-state index is -0.375. The predicted molar refractivity (Wildman–Crippen MR) is 67.0 cm³/mol. The van der Waals surface area contributed by atoms with Gasteiger partial charge in [-0.2, -0.15) is 0 Å². The molecule has 2 heteroatoms. The van der Waals surface area contributed by atoms with Crippen LogP contribution >= 0.6 is 0 Å². The normalized spacial score (nSPS) is 18.1. The summed E-state index contributed by atoms with van der Waals surface area (Å²) in [6.07, 6.45) is 0. The Morgan fingerprint density at radius 3 is 2.44 bits per heavy atom. The summed E-state index contributed by atoms with van der Waals surface area (Å²) in [6, 6.07) is 6.39. The lowest BCUT2D eigenvalue weighted by atomic mass is 9.85. The van der Waals surface area contributed by atoms with Crippen LogP contribution in [0.4, 0.5) is 5.69 Å². The molecule has 0 aromatic heterocycles. The van der Waals surface area contributed by atoms with Gasteiger partial charge in [-0.25, -0.2) is 0 Å². The largest absolute Gasteiger partial charge is 0.314 e. The van der Waals surface area contributed by atoms with E-state index < -0.39 is 0 Å². The van der Waals surface area contributed by atoms with E-state index in [2.05, 4.69) is 32.0 Å². The first kappa shape index (κ1) is 11.2. The number of amides is 1. The molecule has 0 radical (unpaired) electrons. The van der Waals surface area contributed by atoms with Gasteiger partial charge in [-0.3, -0.25) is 4.79 Å². The molecule has 0 N–H and O–H groups in total.